The highest BCUT2D eigenvalue weighted by molar-refractivity contribution is 5.88. The Morgan fingerprint density at radius 3 is 2.58 bits per heavy atom. The highest BCUT2D eigenvalue weighted by Crippen LogP contribution is 2.16. The number of rotatable bonds is 4. The molecule has 0 atom stereocenters. The third kappa shape index (κ3) is 3.02. The van der Waals surface area contributed by atoms with Crippen molar-refractivity contribution in [3.05, 3.63) is 47.8 Å². The van der Waals surface area contributed by atoms with Gasteiger partial charge < -0.3 is 4.74 Å². The van der Waals surface area contributed by atoms with Gasteiger partial charge in [-0.1, -0.05) is 26.0 Å². The number of carbonyl (C=O) groups excluding carboxylic acids is 1. The van der Waals surface area contributed by atoms with Gasteiger partial charge in [-0.25, -0.2) is 9.48 Å². The minimum atomic E-state index is -0.340. The van der Waals surface area contributed by atoms with Gasteiger partial charge in [-0.05, 0) is 30.5 Å². The topological polar surface area (TPSA) is 44.1 Å². The lowest BCUT2D eigenvalue weighted by atomic mass is 10.0. The lowest BCUT2D eigenvalue weighted by Gasteiger charge is -2.06. The van der Waals surface area contributed by atoms with Crippen LogP contribution < -0.4 is 0 Å². The van der Waals surface area contributed by atoms with E-state index in [2.05, 4.69) is 31.1 Å². The number of hydrogen-bond donors (Lipinski definition) is 0. The Labute approximate surface area is 113 Å². The lowest BCUT2D eigenvalue weighted by Crippen LogP contribution is -2.03. The highest BCUT2D eigenvalue weighted by atomic mass is 16.5. The predicted molar refractivity (Wildman–Crippen MR) is 73.6 cm³/mol. The van der Waals surface area contributed by atoms with Crippen LogP contribution in [0.15, 0.2) is 36.7 Å². The van der Waals surface area contributed by atoms with Crippen molar-refractivity contribution in [1.82, 2.24) is 9.78 Å². The zero-order chi connectivity index (χ0) is 13.8. The zero-order valence-electron chi connectivity index (χ0n) is 11.5. The minimum Gasteiger partial charge on any atom is -0.462 e. The summed E-state index contributed by atoms with van der Waals surface area (Å²) in [5.41, 5.74) is 2.68. The average molecular weight is 258 g/mol. The third-order valence-corrected chi connectivity index (χ3v) is 2.92. The van der Waals surface area contributed by atoms with Gasteiger partial charge in [-0.3, -0.25) is 0 Å². The van der Waals surface area contributed by atoms with Gasteiger partial charge in [0.05, 0.1) is 24.1 Å². The van der Waals surface area contributed by atoms with Gasteiger partial charge in [-0.2, -0.15) is 5.10 Å². The van der Waals surface area contributed by atoms with Crippen molar-refractivity contribution in [3.8, 4) is 5.69 Å². The largest absolute Gasteiger partial charge is 0.462 e. The number of hydrogen-bond acceptors (Lipinski definition) is 3. The molecule has 0 fully saturated rings. The fourth-order valence-electron chi connectivity index (χ4n) is 1.80. The molecule has 0 saturated heterocycles. The predicted octanol–water partition coefficient (Wildman–Crippen LogP) is 3.17. The summed E-state index contributed by atoms with van der Waals surface area (Å²) in [6.07, 6.45) is 3.21. The van der Waals surface area contributed by atoms with Crippen LogP contribution in [0.5, 0.6) is 0 Å². The molecule has 2 rings (SSSR count). The number of carbonyl (C=O) groups is 1. The second-order valence-electron chi connectivity index (χ2n) is 4.64. The molecule has 4 heteroatoms. The summed E-state index contributed by atoms with van der Waals surface area (Å²) in [5, 5.41) is 4.18. The molecule has 0 aliphatic heterocycles. The van der Waals surface area contributed by atoms with Crippen LogP contribution in [0.1, 0.15) is 42.6 Å². The first-order valence-corrected chi connectivity index (χ1v) is 6.44. The van der Waals surface area contributed by atoms with E-state index in [1.54, 1.807) is 17.8 Å². The molecular formula is C15H18N2O2. The molecule has 1 aromatic heterocycles. The maximum atomic E-state index is 11.6. The molecule has 0 saturated carbocycles. The second-order valence-corrected chi connectivity index (χ2v) is 4.64. The normalized spacial score (nSPS) is 10.7. The van der Waals surface area contributed by atoms with E-state index in [1.807, 2.05) is 12.1 Å². The molecule has 0 amide bonds. The molecule has 0 radical (unpaired) electrons. The van der Waals surface area contributed by atoms with E-state index >= 15 is 0 Å². The molecule has 1 heterocycles. The SMILES string of the molecule is CCOC(=O)c1cnn(-c2ccc(C(C)C)cc2)c1. The quantitative estimate of drug-likeness (QED) is 0.791. The van der Waals surface area contributed by atoms with E-state index in [0.29, 0.717) is 18.1 Å². The number of nitrogens with zero attached hydrogens (tertiary/aromatic N) is 2. The van der Waals surface area contributed by atoms with Crippen LogP contribution in [0.4, 0.5) is 0 Å². The molecule has 0 N–H and O–H groups in total. The van der Waals surface area contributed by atoms with Crippen molar-refractivity contribution in [1.29, 1.82) is 0 Å². The monoisotopic (exact) mass is 258 g/mol. The first-order valence-electron chi connectivity index (χ1n) is 6.44. The molecule has 0 aliphatic carbocycles. The Balaban J connectivity index is 2.20. The fraction of sp³-hybridized carbons (Fsp3) is 0.333. The number of benzene rings is 1. The van der Waals surface area contributed by atoms with Crippen LogP contribution >= 0.6 is 0 Å². The van der Waals surface area contributed by atoms with Gasteiger partial charge in [0.25, 0.3) is 0 Å². The Bertz CT molecular complexity index is 556. The van der Waals surface area contributed by atoms with Gasteiger partial charge in [0.2, 0.25) is 0 Å². The van der Waals surface area contributed by atoms with Crippen molar-refractivity contribution in [2.24, 2.45) is 0 Å². The zero-order valence-corrected chi connectivity index (χ0v) is 11.5. The van der Waals surface area contributed by atoms with E-state index in [4.69, 9.17) is 4.74 Å². The van der Waals surface area contributed by atoms with Crippen LogP contribution in [0.2, 0.25) is 0 Å². The Morgan fingerprint density at radius 1 is 1.32 bits per heavy atom. The number of esters is 1. The maximum absolute atomic E-state index is 11.6. The van der Waals surface area contributed by atoms with Crippen molar-refractivity contribution in [2.45, 2.75) is 26.7 Å². The average Bonchev–Trinajstić information content (AvgIpc) is 2.89. The van der Waals surface area contributed by atoms with Crippen LogP contribution in [0.25, 0.3) is 5.69 Å². The maximum Gasteiger partial charge on any atom is 0.341 e. The summed E-state index contributed by atoms with van der Waals surface area (Å²) in [5.74, 6) is 0.161. The number of ether oxygens (including phenoxy) is 1. The first-order chi connectivity index (χ1) is 9.11. The first kappa shape index (κ1) is 13.3. The lowest BCUT2D eigenvalue weighted by molar-refractivity contribution is 0.0526. The van der Waals surface area contributed by atoms with Gasteiger partial charge >= 0.3 is 5.97 Å². The standard InChI is InChI=1S/C15H18N2O2/c1-4-19-15(18)13-9-16-17(10-13)14-7-5-12(6-8-14)11(2)3/h5-11H,4H2,1-3H3. The molecule has 100 valence electrons. The molecule has 4 nitrogen and oxygen atoms in total. The Kier molecular flexibility index (Phi) is 4.00. The van der Waals surface area contributed by atoms with Crippen LogP contribution in [-0.2, 0) is 4.74 Å². The van der Waals surface area contributed by atoms with E-state index in [9.17, 15) is 4.79 Å². The van der Waals surface area contributed by atoms with Crippen molar-refractivity contribution in [2.75, 3.05) is 6.61 Å². The third-order valence-electron chi connectivity index (χ3n) is 2.92. The van der Waals surface area contributed by atoms with E-state index in [-0.39, 0.29) is 5.97 Å². The summed E-state index contributed by atoms with van der Waals surface area (Å²) in [6, 6.07) is 8.14. The molecule has 0 bridgehead atoms. The van der Waals surface area contributed by atoms with E-state index in [0.717, 1.165) is 5.69 Å². The van der Waals surface area contributed by atoms with Crippen molar-refractivity contribution < 1.29 is 9.53 Å². The summed E-state index contributed by atoms with van der Waals surface area (Å²) in [4.78, 5) is 11.6. The molecule has 0 aliphatic rings. The summed E-state index contributed by atoms with van der Waals surface area (Å²) < 4.78 is 6.61. The van der Waals surface area contributed by atoms with Crippen LogP contribution in [0.3, 0.4) is 0 Å². The van der Waals surface area contributed by atoms with Crippen LogP contribution in [0, 0.1) is 0 Å². The summed E-state index contributed by atoms with van der Waals surface area (Å²) in [7, 11) is 0. The van der Waals surface area contributed by atoms with Gasteiger partial charge in [0, 0.05) is 6.20 Å². The summed E-state index contributed by atoms with van der Waals surface area (Å²) in [6.45, 7) is 6.46. The van der Waals surface area contributed by atoms with Gasteiger partial charge in [0.1, 0.15) is 0 Å². The second kappa shape index (κ2) is 5.69. The molecule has 19 heavy (non-hydrogen) atoms. The Hall–Kier alpha value is -2.10. The number of aromatic nitrogens is 2. The highest BCUT2D eigenvalue weighted by Gasteiger charge is 2.10. The molecule has 0 spiro atoms. The van der Waals surface area contributed by atoms with E-state index in [1.165, 1.54) is 11.8 Å². The van der Waals surface area contributed by atoms with Gasteiger partial charge in [-0.15, -0.1) is 0 Å². The minimum absolute atomic E-state index is 0.340. The smallest absolute Gasteiger partial charge is 0.341 e. The molecule has 2 aromatic rings. The van der Waals surface area contributed by atoms with Gasteiger partial charge in [0.15, 0.2) is 0 Å². The summed E-state index contributed by atoms with van der Waals surface area (Å²) >= 11 is 0. The molecule has 1 aromatic carbocycles. The van der Waals surface area contributed by atoms with Crippen molar-refractivity contribution >= 4 is 5.97 Å². The Morgan fingerprint density at radius 2 is 2.00 bits per heavy atom. The van der Waals surface area contributed by atoms with Crippen molar-refractivity contribution in [3.63, 3.8) is 0 Å². The molecule has 0 unspecified atom stereocenters. The van der Waals surface area contributed by atoms with Crippen LogP contribution in [-0.4, -0.2) is 22.4 Å². The molecular weight excluding hydrogens is 240 g/mol. The van der Waals surface area contributed by atoms with E-state index < -0.39 is 0 Å². The fourth-order valence-corrected chi connectivity index (χ4v) is 1.80.